The van der Waals surface area contributed by atoms with Gasteiger partial charge in [0.1, 0.15) is 5.15 Å². The second kappa shape index (κ2) is 4.30. The third kappa shape index (κ3) is 2.08. The van der Waals surface area contributed by atoms with Gasteiger partial charge in [-0.15, -0.1) is 0 Å². The average Bonchev–Trinajstić information content (AvgIpc) is 2.73. The molecule has 0 atom stereocenters. The minimum atomic E-state index is 0.484. The summed E-state index contributed by atoms with van der Waals surface area (Å²) in [5, 5.41) is 0.484. The van der Waals surface area contributed by atoms with Crippen LogP contribution < -0.4 is 0 Å². The maximum Gasteiger partial charge on any atom is 0.153 e. The van der Waals surface area contributed by atoms with Crippen LogP contribution in [-0.2, 0) is 6.42 Å². The molecule has 1 aliphatic rings. The fourth-order valence-corrected chi connectivity index (χ4v) is 2.28. The van der Waals surface area contributed by atoms with Crippen molar-refractivity contribution < 1.29 is 0 Å². The van der Waals surface area contributed by atoms with Gasteiger partial charge in [0.05, 0.1) is 5.71 Å². The van der Waals surface area contributed by atoms with Crippen molar-refractivity contribution in [3.63, 3.8) is 0 Å². The number of nitrogens with zero attached hydrogens (tertiary/aromatic N) is 2. The van der Waals surface area contributed by atoms with Crippen LogP contribution in [0.5, 0.6) is 0 Å². The van der Waals surface area contributed by atoms with E-state index in [9.17, 15) is 0 Å². The monoisotopic (exact) mass is 242 g/mol. The summed E-state index contributed by atoms with van der Waals surface area (Å²) in [4.78, 5) is 8.77. The lowest BCUT2D eigenvalue weighted by Gasteiger charge is -2.00. The van der Waals surface area contributed by atoms with E-state index in [2.05, 4.69) is 28.2 Å². The highest BCUT2D eigenvalue weighted by atomic mass is 35.5. The molecule has 1 aromatic heterocycles. The molecule has 84 valence electrons. The second-order valence-electron chi connectivity index (χ2n) is 4.03. The van der Waals surface area contributed by atoms with Gasteiger partial charge < -0.3 is 0 Å². The van der Waals surface area contributed by atoms with E-state index < -0.39 is 0 Å². The van der Waals surface area contributed by atoms with Crippen molar-refractivity contribution in [3.05, 3.63) is 58.7 Å². The van der Waals surface area contributed by atoms with Crippen LogP contribution in [0.3, 0.4) is 0 Å². The molecule has 0 saturated carbocycles. The topological polar surface area (TPSA) is 25.2 Å². The number of aliphatic imine (C=N–C) groups is 1. The van der Waals surface area contributed by atoms with Crippen molar-refractivity contribution in [2.45, 2.75) is 12.8 Å². The van der Waals surface area contributed by atoms with Crippen LogP contribution in [0.1, 0.15) is 17.5 Å². The summed E-state index contributed by atoms with van der Waals surface area (Å²) in [7, 11) is 0. The lowest BCUT2D eigenvalue weighted by molar-refractivity contribution is 1.09. The first-order valence-corrected chi connectivity index (χ1v) is 5.99. The van der Waals surface area contributed by atoms with Gasteiger partial charge in [-0.3, -0.25) is 0 Å². The zero-order valence-electron chi connectivity index (χ0n) is 9.23. The van der Waals surface area contributed by atoms with Gasteiger partial charge in [-0.1, -0.05) is 41.9 Å². The SMILES string of the molecule is Clc1cccc(N=C2CCc3ccccc32)n1. The molecule has 0 spiro atoms. The van der Waals surface area contributed by atoms with E-state index in [1.807, 2.05) is 18.2 Å². The van der Waals surface area contributed by atoms with Crippen molar-refractivity contribution in [1.82, 2.24) is 4.98 Å². The molecule has 0 amide bonds. The van der Waals surface area contributed by atoms with Gasteiger partial charge in [0.25, 0.3) is 0 Å². The molecule has 0 bridgehead atoms. The predicted molar refractivity (Wildman–Crippen MR) is 70.2 cm³/mol. The summed E-state index contributed by atoms with van der Waals surface area (Å²) >= 11 is 5.85. The molecule has 3 rings (SSSR count). The minimum absolute atomic E-state index is 0.484. The van der Waals surface area contributed by atoms with Gasteiger partial charge in [-0.05, 0) is 36.1 Å². The minimum Gasteiger partial charge on any atom is -0.233 e. The maximum atomic E-state index is 5.85. The summed E-state index contributed by atoms with van der Waals surface area (Å²) in [6, 6.07) is 13.9. The molecule has 1 heterocycles. The summed E-state index contributed by atoms with van der Waals surface area (Å²) in [6.45, 7) is 0. The van der Waals surface area contributed by atoms with Gasteiger partial charge >= 0.3 is 0 Å². The number of halogens is 1. The molecule has 2 nitrogen and oxygen atoms in total. The number of hydrogen-bond acceptors (Lipinski definition) is 2. The Bertz CT molecular complexity index is 590. The molecule has 0 radical (unpaired) electrons. The highest BCUT2D eigenvalue weighted by Gasteiger charge is 2.16. The highest BCUT2D eigenvalue weighted by Crippen LogP contribution is 2.24. The van der Waals surface area contributed by atoms with Crippen molar-refractivity contribution >= 4 is 23.1 Å². The van der Waals surface area contributed by atoms with Gasteiger partial charge in [-0.25, -0.2) is 9.98 Å². The van der Waals surface area contributed by atoms with Gasteiger partial charge in [0.15, 0.2) is 5.82 Å². The molecular weight excluding hydrogens is 232 g/mol. The zero-order chi connectivity index (χ0) is 11.7. The summed E-state index contributed by atoms with van der Waals surface area (Å²) in [5.41, 5.74) is 3.72. The second-order valence-corrected chi connectivity index (χ2v) is 4.42. The molecule has 0 aliphatic heterocycles. The Morgan fingerprint density at radius 2 is 1.88 bits per heavy atom. The molecule has 0 unspecified atom stereocenters. The number of fused-ring (bicyclic) bond motifs is 1. The number of benzene rings is 1. The van der Waals surface area contributed by atoms with E-state index in [1.54, 1.807) is 6.07 Å². The smallest absolute Gasteiger partial charge is 0.153 e. The van der Waals surface area contributed by atoms with Crippen LogP contribution in [0.4, 0.5) is 5.82 Å². The highest BCUT2D eigenvalue weighted by molar-refractivity contribution is 6.29. The van der Waals surface area contributed by atoms with Crippen LogP contribution >= 0.6 is 11.6 Å². The molecule has 17 heavy (non-hydrogen) atoms. The molecule has 2 aromatic rings. The number of aromatic nitrogens is 1. The van der Waals surface area contributed by atoms with Crippen LogP contribution in [0, 0.1) is 0 Å². The third-order valence-corrected chi connectivity index (χ3v) is 3.12. The van der Waals surface area contributed by atoms with Crippen LogP contribution in [-0.4, -0.2) is 10.7 Å². The Labute approximate surface area is 105 Å². The van der Waals surface area contributed by atoms with Crippen molar-refractivity contribution in [2.24, 2.45) is 4.99 Å². The maximum absolute atomic E-state index is 5.85. The standard InChI is InChI=1S/C14H11ClN2/c15-13-6-3-7-14(17-13)16-12-9-8-10-4-1-2-5-11(10)12/h1-7H,8-9H2. The molecule has 1 aliphatic carbocycles. The normalized spacial score (nSPS) is 16.2. The van der Waals surface area contributed by atoms with E-state index in [1.165, 1.54) is 11.1 Å². The fraction of sp³-hybridized carbons (Fsp3) is 0.143. The third-order valence-electron chi connectivity index (χ3n) is 2.91. The molecule has 0 saturated heterocycles. The first kappa shape index (κ1) is 10.5. The van der Waals surface area contributed by atoms with E-state index in [0.29, 0.717) is 11.0 Å². The van der Waals surface area contributed by atoms with Gasteiger partial charge in [0.2, 0.25) is 0 Å². The molecular formula is C14H11ClN2. The molecule has 0 N–H and O–H groups in total. The zero-order valence-corrected chi connectivity index (χ0v) is 9.98. The first-order chi connectivity index (χ1) is 8.33. The largest absolute Gasteiger partial charge is 0.233 e. The van der Waals surface area contributed by atoms with Crippen LogP contribution in [0.2, 0.25) is 5.15 Å². The van der Waals surface area contributed by atoms with Gasteiger partial charge in [-0.2, -0.15) is 0 Å². The summed E-state index contributed by atoms with van der Waals surface area (Å²) in [6.07, 6.45) is 2.04. The fourth-order valence-electron chi connectivity index (χ4n) is 2.12. The number of aryl methyl sites for hydroxylation is 1. The quantitative estimate of drug-likeness (QED) is 0.699. The number of rotatable bonds is 1. The lowest BCUT2D eigenvalue weighted by Crippen LogP contribution is -1.93. The van der Waals surface area contributed by atoms with Crippen LogP contribution in [0.25, 0.3) is 0 Å². The van der Waals surface area contributed by atoms with Gasteiger partial charge in [0, 0.05) is 0 Å². The summed E-state index contributed by atoms with van der Waals surface area (Å²) in [5.74, 6) is 0.684. The Balaban J connectivity index is 2.02. The van der Waals surface area contributed by atoms with Crippen molar-refractivity contribution in [2.75, 3.05) is 0 Å². The Morgan fingerprint density at radius 3 is 2.76 bits per heavy atom. The molecule has 0 fully saturated rings. The van der Waals surface area contributed by atoms with E-state index in [0.717, 1.165) is 18.6 Å². The van der Waals surface area contributed by atoms with Crippen molar-refractivity contribution in [3.8, 4) is 0 Å². The molecule has 1 aromatic carbocycles. The Kier molecular flexibility index (Phi) is 2.65. The number of hydrogen-bond donors (Lipinski definition) is 0. The molecule has 3 heteroatoms. The van der Waals surface area contributed by atoms with Crippen molar-refractivity contribution in [1.29, 1.82) is 0 Å². The average molecular weight is 243 g/mol. The Hall–Kier alpha value is -1.67. The van der Waals surface area contributed by atoms with E-state index in [4.69, 9.17) is 11.6 Å². The van der Waals surface area contributed by atoms with Crippen LogP contribution in [0.15, 0.2) is 47.5 Å². The van der Waals surface area contributed by atoms with E-state index >= 15 is 0 Å². The summed E-state index contributed by atoms with van der Waals surface area (Å²) < 4.78 is 0. The number of pyridine rings is 1. The first-order valence-electron chi connectivity index (χ1n) is 5.61. The lowest BCUT2D eigenvalue weighted by atomic mass is 10.1. The van der Waals surface area contributed by atoms with E-state index in [-0.39, 0.29) is 0 Å². The Morgan fingerprint density at radius 1 is 1.00 bits per heavy atom. The predicted octanol–water partition coefficient (Wildman–Crippen LogP) is 3.80.